The smallest absolute Gasteiger partial charge is 0.0835 e. The molecule has 94 valence electrons. The molecule has 1 aliphatic carbocycles. The fourth-order valence-corrected chi connectivity index (χ4v) is 2.54. The summed E-state index contributed by atoms with van der Waals surface area (Å²) in [5.74, 6) is 0.645. The van der Waals surface area contributed by atoms with Crippen LogP contribution in [0.4, 0.5) is 0 Å². The number of para-hydroxylation sites is 1. The lowest BCUT2D eigenvalue weighted by Crippen LogP contribution is -2.08. The van der Waals surface area contributed by atoms with Gasteiger partial charge in [-0.15, -0.1) is 0 Å². The minimum absolute atomic E-state index is 0.645. The second kappa shape index (κ2) is 4.75. The minimum Gasteiger partial charge on any atom is -0.316 e. The van der Waals surface area contributed by atoms with Crippen molar-refractivity contribution in [3.63, 3.8) is 0 Å². The molecule has 0 atom stereocenters. The van der Waals surface area contributed by atoms with E-state index in [1.165, 1.54) is 24.1 Å². The van der Waals surface area contributed by atoms with Crippen molar-refractivity contribution in [2.75, 3.05) is 7.05 Å². The molecule has 0 bridgehead atoms. The lowest BCUT2D eigenvalue weighted by molar-refractivity contribution is 0.775. The maximum absolute atomic E-state index is 6.27. The van der Waals surface area contributed by atoms with E-state index in [1.807, 2.05) is 42.2 Å². The number of benzene rings is 1. The molecule has 1 aromatic heterocycles. The van der Waals surface area contributed by atoms with Gasteiger partial charge >= 0.3 is 0 Å². The number of nitrogens with one attached hydrogen (secondary N) is 1. The quantitative estimate of drug-likeness (QED) is 0.917. The van der Waals surface area contributed by atoms with Crippen LogP contribution in [0.2, 0.25) is 5.02 Å². The van der Waals surface area contributed by atoms with Crippen LogP contribution in [-0.2, 0) is 6.54 Å². The molecule has 2 aromatic rings. The summed E-state index contributed by atoms with van der Waals surface area (Å²) in [7, 11) is 1.96. The zero-order valence-electron chi connectivity index (χ0n) is 10.4. The molecule has 1 fully saturated rings. The molecule has 0 aliphatic heterocycles. The maximum Gasteiger partial charge on any atom is 0.0835 e. The monoisotopic (exact) mass is 261 g/mol. The average molecular weight is 262 g/mol. The molecule has 0 radical (unpaired) electrons. The third kappa shape index (κ3) is 2.04. The Bertz CT molecular complexity index is 558. The maximum atomic E-state index is 6.27. The van der Waals surface area contributed by atoms with Crippen LogP contribution < -0.4 is 5.32 Å². The van der Waals surface area contributed by atoms with Crippen molar-refractivity contribution >= 4 is 11.6 Å². The summed E-state index contributed by atoms with van der Waals surface area (Å²) in [5, 5.41) is 8.47. The molecular weight excluding hydrogens is 246 g/mol. The van der Waals surface area contributed by atoms with Crippen LogP contribution in [-0.4, -0.2) is 16.8 Å². The largest absolute Gasteiger partial charge is 0.316 e. The lowest BCUT2D eigenvalue weighted by atomic mass is 10.1. The Morgan fingerprint density at radius 1 is 1.39 bits per heavy atom. The number of aromatic nitrogens is 2. The molecule has 0 saturated heterocycles. The third-order valence-corrected chi connectivity index (χ3v) is 3.62. The topological polar surface area (TPSA) is 29.9 Å². The fourth-order valence-electron chi connectivity index (χ4n) is 2.33. The van der Waals surface area contributed by atoms with Gasteiger partial charge in [0.1, 0.15) is 0 Å². The van der Waals surface area contributed by atoms with E-state index in [0.29, 0.717) is 5.92 Å². The molecule has 0 amide bonds. The highest BCUT2D eigenvalue weighted by molar-refractivity contribution is 6.32. The number of rotatable bonds is 4. The van der Waals surface area contributed by atoms with Crippen molar-refractivity contribution in [3.8, 4) is 5.69 Å². The summed E-state index contributed by atoms with van der Waals surface area (Å²) in [6, 6.07) is 7.87. The Morgan fingerprint density at radius 3 is 2.83 bits per heavy atom. The standard InChI is InChI=1S/C14H16ClN3/c1-16-8-11-9-17-18(14(11)10-6-7-10)13-5-3-2-4-12(13)15/h2-5,9-10,16H,6-8H2,1H3. The SMILES string of the molecule is CNCc1cnn(-c2ccccc2Cl)c1C1CC1. The Morgan fingerprint density at radius 2 is 2.17 bits per heavy atom. The molecule has 1 saturated carbocycles. The molecule has 4 heteroatoms. The first kappa shape index (κ1) is 11.8. The average Bonchev–Trinajstić information content (AvgIpc) is 3.13. The second-order valence-corrected chi connectivity index (χ2v) is 5.13. The molecule has 1 aromatic carbocycles. The van der Waals surface area contributed by atoms with E-state index < -0.39 is 0 Å². The van der Waals surface area contributed by atoms with Crippen LogP contribution in [0.1, 0.15) is 30.0 Å². The Labute approximate surface area is 112 Å². The van der Waals surface area contributed by atoms with Gasteiger partial charge in [-0.2, -0.15) is 5.10 Å². The first-order valence-electron chi connectivity index (χ1n) is 6.27. The highest BCUT2D eigenvalue weighted by Gasteiger charge is 2.30. The minimum atomic E-state index is 0.645. The van der Waals surface area contributed by atoms with Crippen molar-refractivity contribution in [1.29, 1.82) is 0 Å². The van der Waals surface area contributed by atoms with E-state index in [4.69, 9.17) is 11.6 Å². The fraction of sp³-hybridized carbons (Fsp3) is 0.357. The molecule has 1 heterocycles. The van der Waals surface area contributed by atoms with Crippen LogP contribution in [0.5, 0.6) is 0 Å². The van der Waals surface area contributed by atoms with Crippen LogP contribution in [0.25, 0.3) is 5.69 Å². The van der Waals surface area contributed by atoms with Crippen LogP contribution in [0, 0.1) is 0 Å². The van der Waals surface area contributed by atoms with Crippen LogP contribution >= 0.6 is 11.6 Å². The van der Waals surface area contributed by atoms with Gasteiger partial charge < -0.3 is 5.32 Å². The van der Waals surface area contributed by atoms with Crippen molar-refractivity contribution in [1.82, 2.24) is 15.1 Å². The number of hydrogen-bond donors (Lipinski definition) is 1. The predicted octanol–water partition coefficient (Wildman–Crippen LogP) is 3.12. The number of halogens is 1. The Balaban J connectivity index is 2.09. The first-order valence-corrected chi connectivity index (χ1v) is 6.65. The molecule has 3 rings (SSSR count). The van der Waals surface area contributed by atoms with E-state index >= 15 is 0 Å². The van der Waals surface area contributed by atoms with Gasteiger partial charge in [0.15, 0.2) is 0 Å². The van der Waals surface area contributed by atoms with Gasteiger partial charge in [0.2, 0.25) is 0 Å². The van der Waals surface area contributed by atoms with Gasteiger partial charge in [-0.1, -0.05) is 23.7 Å². The van der Waals surface area contributed by atoms with Crippen molar-refractivity contribution in [3.05, 3.63) is 46.7 Å². The summed E-state index contributed by atoms with van der Waals surface area (Å²) in [4.78, 5) is 0. The third-order valence-electron chi connectivity index (χ3n) is 3.30. The van der Waals surface area contributed by atoms with E-state index in [1.54, 1.807) is 0 Å². The summed E-state index contributed by atoms with van der Waals surface area (Å²) in [6.45, 7) is 0.857. The first-order chi connectivity index (χ1) is 8.81. The molecule has 1 N–H and O–H groups in total. The normalized spacial score (nSPS) is 15.0. The number of hydrogen-bond acceptors (Lipinski definition) is 2. The van der Waals surface area contributed by atoms with E-state index in [9.17, 15) is 0 Å². The molecule has 0 spiro atoms. The zero-order chi connectivity index (χ0) is 12.5. The molecule has 1 aliphatic rings. The van der Waals surface area contributed by atoms with Gasteiger partial charge in [-0.05, 0) is 32.0 Å². The second-order valence-electron chi connectivity index (χ2n) is 4.72. The van der Waals surface area contributed by atoms with Crippen molar-refractivity contribution in [2.24, 2.45) is 0 Å². The zero-order valence-corrected chi connectivity index (χ0v) is 11.1. The number of nitrogens with zero attached hydrogens (tertiary/aromatic N) is 2. The van der Waals surface area contributed by atoms with Crippen LogP contribution in [0.3, 0.4) is 0 Å². The van der Waals surface area contributed by atoms with Gasteiger partial charge in [-0.25, -0.2) is 4.68 Å². The molecular formula is C14H16ClN3. The molecule has 18 heavy (non-hydrogen) atoms. The van der Waals surface area contributed by atoms with Crippen LogP contribution in [0.15, 0.2) is 30.5 Å². The van der Waals surface area contributed by atoms with Gasteiger partial charge in [0.25, 0.3) is 0 Å². The lowest BCUT2D eigenvalue weighted by Gasteiger charge is -2.10. The van der Waals surface area contributed by atoms with Crippen molar-refractivity contribution in [2.45, 2.75) is 25.3 Å². The summed E-state index contributed by atoms with van der Waals surface area (Å²) in [6.07, 6.45) is 4.47. The predicted molar refractivity (Wildman–Crippen MR) is 73.3 cm³/mol. The molecule has 3 nitrogen and oxygen atoms in total. The Kier molecular flexibility index (Phi) is 3.10. The van der Waals surface area contributed by atoms with E-state index in [-0.39, 0.29) is 0 Å². The highest BCUT2D eigenvalue weighted by Crippen LogP contribution is 2.42. The highest BCUT2D eigenvalue weighted by atomic mass is 35.5. The van der Waals surface area contributed by atoms with E-state index in [0.717, 1.165) is 17.3 Å². The van der Waals surface area contributed by atoms with Gasteiger partial charge in [0.05, 0.1) is 22.6 Å². The van der Waals surface area contributed by atoms with Gasteiger partial charge in [-0.3, -0.25) is 0 Å². The summed E-state index contributed by atoms with van der Waals surface area (Å²) >= 11 is 6.27. The van der Waals surface area contributed by atoms with E-state index in [2.05, 4.69) is 10.4 Å². The molecule has 0 unspecified atom stereocenters. The summed E-state index contributed by atoms with van der Waals surface area (Å²) < 4.78 is 2.01. The summed E-state index contributed by atoms with van der Waals surface area (Å²) in [5.41, 5.74) is 3.57. The van der Waals surface area contributed by atoms with Gasteiger partial charge in [0, 0.05) is 18.0 Å². The van der Waals surface area contributed by atoms with Crippen molar-refractivity contribution < 1.29 is 0 Å². The Hall–Kier alpha value is -1.32.